The predicted molar refractivity (Wildman–Crippen MR) is 101 cm³/mol. The summed E-state index contributed by atoms with van der Waals surface area (Å²) in [5.74, 6) is 0.356. The Morgan fingerprint density at radius 1 is 1.04 bits per heavy atom. The third-order valence-electron chi connectivity index (χ3n) is 5.15. The van der Waals surface area contributed by atoms with Gasteiger partial charge in [0.25, 0.3) is 0 Å². The minimum atomic E-state index is -0.481. The number of benzene rings is 2. The minimum Gasteiger partial charge on any atom is -0.454 e. The predicted octanol–water partition coefficient (Wildman–Crippen LogP) is 3.49. The van der Waals surface area contributed by atoms with E-state index in [-0.39, 0.29) is 19.2 Å². The lowest BCUT2D eigenvalue weighted by molar-refractivity contribution is 0.0475. The molecule has 5 rings (SSSR count). The number of carbonyl (C=O) groups is 2. The zero-order chi connectivity index (χ0) is 19.1. The topological polar surface area (TPSA) is 74.7 Å². The molecule has 1 aliphatic heterocycles. The standard InChI is InChI=1S/C22H17NO5/c24-18(13-8-9-19-20(10-13)28-12-27-19)11-26-22(25)21-14-4-1-2-6-16(14)23-17-7-3-5-15(17)21/h1-2,4,6,8-10H,3,5,7,11-12H2. The number of hydrogen-bond donors (Lipinski definition) is 0. The molecule has 1 aromatic heterocycles. The highest BCUT2D eigenvalue weighted by Crippen LogP contribution is 2.33. The summed E-state index contributed by atoms with van der Waals surface area (Å²) in [6.07, 6.45) is 2.62. The summed E-state index contributed by atoms with van der Waals surface area (Å²) < 4.78 is 16.0. The molecule has 28 heavy (non-hydrogen) atoms. The Kier molecular flexibility index (Phi) is 3.97. The number of carbonyl (C=O) groups excluding carboxylic acids is 2. The summed E-state index contributed by atoms with van der Waals surface area (Å²) in [5, 5.41) is 0.767. The van der Waals surface area contributed by atoms with Gasteiger partial charge in [-0.3, -0.25) is 9.78 Å². The van der Waals surface area contributed by atoms with Gasteiger partial charge in [0.1, 0.15) is 0 Å². The molecule has 0 amide bonds. The van der Waals surface area contributed by atoms with Crippen molar-refractivity contribution in [3.8, 4) is 11.5 Å². The van der Waals surface area contributed by atoms with Crippen molar-refractivity contribution in [2.45, 2.75) is 19.3 Å². The minimum absolute atomic E-state index is 0.141. The molecular formula is C22H17NO5. The Hall–Kier alpha value is -3.41. The van der Waals surface area contributed by atoms with Gasteiger partial charge in [-0.25, -0.2) is 4.79 Å². The molecule has 0 radical (unpaired) electrons. The van der Waals surface area contributed by atoms with Crippen LogP contribution in [-0.2, 0) is 17.6 Å². The maximum absolute atomic E-state index is 12.9. The number of hydrogen-bond acceptors (Lipinski definition) is 6. The van der Waals surface area contributed by atoms with Crippen LogP contribution < -0.4 is 9.47 Å². The van der Waals surface area contributed by atoms with Crippen LogP contribution in [-0.4, -0.2) is 30.1 Å². The van der Waals surface area contributed by atoms with Gasteiger partial charge in [0.2, 0.25) is 6.79 Å². The molecule has 0 saturated heterocycles. The number of esters is 1. The molecule has 140 valence electrons. The van der Waals surface area contributed by atoms with Crippen molar-refractivity contribution in [3.05, 3.63) is 64.8 Å². The molecule has 3 aromatic rings. The van der Waals surface area contributed by atoms with Gasteiger partial charge >= 0.3 is 5.97 Å². The maximum atomic E-state index is 12.9. The first kappa shape index (κ1) is 16.7. The summed E-state index contributed by atoms with van der Waals surface area (Å²) in [6.45, 7) is -0.188. The van der Waals surface area contributed by atoms with E-state index in [0.717, 1.165) is 41.4 Å². The smallest absolute Gasteiger partial charge is 0.339 e. The van der Waals surface area contributed by atoms with E-state index in [2.05, 4.69) is 4.98 Å². The first-order valence-electron chi connectivity index (χ1n) is 9.21. The molecule has 1 aliphatic carbocycles. The van der Waals surface area contributed by atoms with Crippen molar-refractivity contribution in [2.24, 2.45) is 0 Å². The van der Waals surface area contributed by atoms with Gasteiger partial charge in [-0.1, -0.05) is 18.2 Å². The van der Waals surface area contributed by atoms with E-state index in [4.69, 9.17) is 14.2 Å². The summed E-state index contributed by atoms with van der Waals surface area (Å²) in [4.78, 5) is 30.1. The molecule has 0 atom stereocenters. The number of aryl methyl sites for hydroxylation is 1. The Balaban J connectivity index is 1.40. The van der Waals surface area contributed by atoms with E-state index >= 15 is 0 Å². The lowest BCUT2D eigenvalue weighted by atomic mass is 10.0. The first-order valence-corrected chi connectivity index (χ1v) is 9.21. The Morgan fingerprint density at radius 2 is 1.89 bits per heavy atom. The van der Waals surface area contributed by atoms with E-state index in [0.29, 0.717) is 22.6 Å². The normalized spacial score (nSPS) is 14.1. The van der Waals surface area contributed by atoms with Crippen LogP contribution in [0.2, 0.25) is 0 Å². The van der Waals surface area contributed by atoms with Crippen molar-refractivity contribution >= 4 is 22.7 Å². The van der Waals surface area contributed by atoms with E-state index in [1.165, 1.54) is 0 Å². The molecule has 0 fully saturated rings. The maximum Gasteiger partial charge on any atom is 0.339 e. The lowest BCUT2D eigenvalue weighted by Crippen LogP contribution is -2.16. The number of rotatable bonds is 4. The second kappa shape index (κ2) is 6.64. The number of Topliss-reactive ketones (excluding diaryl/α,β-unsaturated/α-hetero) is 1. The fraction of sp³-hybridized carbons (Fsp3) is 0.227. The van der Waals surface area contributed by atoms with Crippen LogP contribution in [0, 0.1) is 0 Å². The summed E-state index contributed by atoms with van der Waals surface area (Å²) in [6, 6.07) is 12.5. The Labute approximate surface area is 161 Å². The lowest BCUT2D eigenvalue weighted by Gasteiger charge is -2.12. The van der Waals surface area contributed by atoms with E-state index in [1.807, 2.05) is 24.3 Å². The number of nitrogens with zero attached hydrogens (tertiary/aromatic N) is 1. The molecule has 0 unspecified atom stereocenters. The number of para-hydroxylation sites is 1. The second-order valence-electron chi connectivity index (χ2n) is 6.85. The highest BCUT2D eigenvalue weighted by atomic mass is 16.7. The van der Waals surface area contributed by atoms with Gasteiger partial charge < -0.3 is 14.2 Å². The quantitative estimate of drug-likeness (QED) is 0.513. The van der Waals surface area contributed by atoms with Gasteiger partial charge in [-0.2, -0.15) is 0 Å². The van der Waals surface area contributed by atoms with Crippen LogP contribution >= 0.6 is 0 Å². The number of ketones is 1. The molecule has 0 saturated carbocycles. The van der Waals surface area contributed by atoms with Crippen LogP contribution in [0.5, 0.6) is 11.5 Å². The van der Waals surface area contributed by atoms with Crippen LogP contribution in [0.1, 0.15) is 38.4 Å². The number of aromatic nitrogens is 1. The third-order valence-corrected chi connectivity index (χ3v) is 5.15. The van der Waals surface area contributed by atoms with Gasteiger partial charge in [-0.05, 0) is 49.1 Å². The zero-order valence-corrected chi connectivity index (χ0v) is 15.1. The third kappa shape index (κ3) is 2.78. The zero-order valence-electron chi connectivity index (χ0n) is 15.1. The number of pyridine rings is 1. The number of ether oxygens (including phenoxy) is 3. The molecule has 2 heterocycles. The average molecular weight is 375 g/mol. The van der Waals surface area contributed by atoms with Crippen molar-refractivity contribution in [1.29, 1.82) is 0 Å². The molecule has 2 aliphatic rings. The van der Waals surface area contributed by atoms with E-state index in [1.54, 1.807) is 18.2 Å². The molecular weight excluding hydrogens is 358 g/mol. The summed E-state index contributed by atoms with van der Waals surface area (Å²) in [5.41, 5.74) is 3.63. The van der Waals surface area contributed by atoms with Crippen molar-refractivity contribution < 1.29 is 23.8 Å². The van der Waals surface area contributed by atoms with E-state index < -0.39 is 5.97 Å². The molecule has 0 spiro atoms. The Morgan fingerprint density at radius 3 is 2.82 bits per heavy atom. The van der Waals surface area contributed by atoms with Crippen LogP contribution in [0.3, 0.4) is 0 Å². The highest BCUT2D eigenvalue weighted by Gasteiger charge is 2.25. The summed E-state index contributed by atoms with van der Waals surface area (Å²) in [7, 11) is 0. The van der Waals surface area contributed by atoms with Gasteiger partial charge in [0, 0.05) is 16.6 Å². The van der Waals surface area contributed by atoms with Crippen molar-refractivity contribution in [2.75, 3.05) is 13.4 Å². The largest absolute Gasteiger partial charge is 0.454 e. The molecule has 2 aromatic carbocycles. The van der Waals surface area contributed by atoms with Gasteiger partial charge in [-0.15, -0.1) is 0 Å². The van der Waals surface area contributed by atoms with Crippen molar-refractivity contribution in [1.82, 2.24) is 4.98 Å². The molecule has 0 bridgehead atoms. The highest BCUT2D eigenvalue weighted by molar-refractivity contribution is 6.06. The average Bonchev–Trinajstić information content (AvgIpc) is 3.38. The molecule has 6 heteroatoms. The fourth-order valence-electron chi connectivity index (χ4n) is 3.80. The van der Waals surface area contributed by atoms with Gasteiger partial charge in [0.15, 0.2) is 23.9 Å². The van der Waals surface area contributed by atoms with Crippen LogP contribution in [0.15, 0.2) is 42.5 Å². The monoisotopic (exact) mass is 375 g/mol. The van der Waals surface area contributed by atoms with Crippen LogP contribution in [0.25, 0.3) is 10.9 Å². The second-order valence-corrected chi connectivity index (χ2v) is 6.85. The molecule has 6 nitrogen and oxygen atoms in total. The molecule has 0 N–H and O–H groups in total. The van der Waals surface area contributed by atoms with E-state index in [9.17, 15) is 9.59 Å². The Bertz CT molecular complexity index is 1120. The van der Waals surface area contributed by atoms with Crippen LogP contribution in [0.4, 0.5) is 0 Å². The van der Waals surface area contributed by atoms with Gasteiger partial charge in [0.05, 0.1) is 11.1 Å². The summed E-state index contributed by atoms with van der Waals surface area (Å²) >= 11 is 0. The first-order chi connectivity index (χ1) is 13.7. The fourth-order valence-corrected chi connectivity index (χ4v) is 3.80. The SMILES string of the molecule is O=C(COC(=O)c1c2c(nc3ccccc13)CCC2)c1ccc2c(c1)OCO2. The van der Waals surface area contributed by atoms with Crippen molar-refractivity contribution in [3.63, 3.8) is 0 Å². The number of fused-ring (bicyclic) bond motifs is 3.